The molecule has 6 heteroatoms. The number of hydrogen-bond acceptors (Lipinski definition) is 3. The van der Waals surface area contributed by atoms with Crippen LogP contribution in [0.3, 0.4) is 0 Å². The van der Waals surface area contributed by atoms with E-state index >= 15 is 0 Å². The van der Waals surface area contributed by atoms with Crippen LogP contribution >= 0.6 is 0 Å². The SMILES string of the molecule is CCN(c1cccc(C)c1)S(=O)(=O)c1ccc(C(=O)NC2CCCC2)cc1. The van der Waals surface area contributed by atoms with Crippen LogP contribution in [0.2, 0.25) is 0 Å². The highest BCUT2D eigenvalue weighted by atomic mass is 32.2. The second-order valence-corrected chi connectivity index (χ2v) is 8.85. The van der Waals surface area contributed by atoms with Crippen molar-refractivity contribution in [3.63, 3.8) is 0 Å². The summed E-state index contributed by atoms with van der Waals surface area (Å²) < 4.78 is 27.5. The number of sulfonamides is 1. The Bertz CT molecular complexity index is 901. The average molecular weight is 387 g/mol. The molecule has 5 nitrogen and oxygen atoms in total. The molecule has 1 N–H and O–H groups in total. The van der Waals surface area contributed by atoms with Gasteiger partial charge in [0.25, 0.3) is 15.9 Å². The van der Waals surface area contributed by atoms with Crippen LogP contribution in [-0.2, 0) is 10.0 Å². The van der Waals surface area contributed by atoms with Crippen molar-refractivity contribution in [2.75, 3.05) is 10.8 Å². The lowest BCUT2D eigenvalue weighted by Crippen LogP contribution is -2.33. The third-order valence-corrected chi connectivity index (χ3v) is 6.89. The van der Waals surface area contributed by atoms with E-state index in [4.69, 9.17) is 0 Å². The van der Waals surface area contributed by atoms with E-state index in [9.17, 15) is 13.2 Å². The molecule has 1 aliphatic rings. The number of anilines is 1. The quantitative estimate of drug-likeness (QED) is 0.819. The van der Waals surface area contributed by atoms with Gasteiger partial charge in [0.1, 0.15) is 0 Å². The van der Waals surface area contributed by atoms with Crippen molar-refractivity contribution in [1.29, 1.82) is 0 Å². The lowest BCUT2D eigenvalue weighted by molar-refractivity contribution is 0.0938. The molecule has 0 heterocycles. The van der Waals surface area contributed by atoms with Crippen molar-refractivity contribution >= 4 is 21.6 Å². The third kappa shape index (κ3) is 4.33. The number of nitrogens with zero attached hydrogens (tertiary/aromatic N) is 1. The second kappa shape index (κ2) is 8.13. The molecule has 1 amide bonds. The number of amides is 1. The smallest absolute Gasteiger partial charge is 0.264 e. The van der Waals surface area contributed by atoms with E-state index in [1.54, 1.807) is 18.2 Å². The van der Waals surface area contributed by atoms with Gasteiger partial charge < -0.3 is 5.32 Å². The summed E-state index contributed by atoms with van der Waals surface area (Å²) >= 11 is 0. The molecule has 0 unspecified atom stereocenters. The first-order valence-corrected chi connectivity index (χ1v) is 10.9. The molecule has 0 saturated heterocycles. The minimum Gasteiger partial charge on any atom is -0.349 e. The van der Waals surface area contributed by atoms with Crippen LogP contribution < -0.4 is 9.62 Å². The summed E-state index contributed by atoms with van der Waals surface area (Å²) in [6, 6.07) is 13.8. The molecule has 144 valence electrons. The Morgan fingerprint density at radius 3 is 2.37 bits per heavy atom. The van der Waals surface area contributed by atoms with E-state index < -0.39 is 10.0 Å². The molecular weight excluding hydrogens is 360 g/mol. The van der Waals surface area contributed by atoms with E-state index in [-0.39, 0.29) is 16.8 Å². The maximum Gasteiger partial charge on any atom is 0.264 e. The zero-order chi connectivity index (χ0) is 19.4. The molecule has 3 rings (SSSR count). The van der Waals surface area contributed by atoms with Crippen molar-refractivity contribution in [3.8, 4) is 0 Å². The van der Waals surface area contributed by atoms with Crippen LogP contribution in [0.5, 0.6) is 0 Å². The molecule has 0 atom stereocenters. The number of carbonyl (C=O) groups excluding carboxylic acids is 1. The Labute approximate surface area is 161 Å². The summed E-state index contributed by atoms with van der Waals surface area (Å²) in [7, 11) is -3.68. The summed E-state index contributed by atoms with van der Waals surface area (Å²) in [6.45, 7) is 4.07. The molecule has 1 saturated carbocycles. The molecule has 0 radical (unpaired) electrons. The topological polar surface area (TPSA) is 66.5 Å². The van der Waals surface area contributed by atoms with E-state index in [2.05, 4.69) is 5.32 Å². The molecule has 0 bridgehead atoms. The first kappa shape index (κ1) is 19.4. The summed E-state index contributed by atoms with van der Waals surface area (Å²) in [5.74, 6) is -0.142. The molecule has 0 aromatic heterocycles. The molecule has 2 aromatic carbocycles. The number of nitrogens with one attached hydrogen (secondary N) is 1. The zero-order valence-electron chi connectivity index (χ0n) is 15.8. The van der Waals surface area contributed by atoms with Crippen molar-refractivity contribution in [2.24, 2.45) is 0 Å². The standard InChI is InChI=1S/C21H26N2O3S/c1-3-23(19-10-6-7-16(2)15-19)27(25,26)20-13-11-17(12-14-20)21(24)22-18-8-4-5-9-18/h6-7,10-15,18H,3-5,8-9H2,1-2H3,(H,22,24). The Hall–Kier alpha value is -2.34. The highest BCUT2D eigenvalue weighted by Crippen LogP contribution is 2.25. The maximum atomic E-state index is 13.1. The van der Waals surface area contributed by atoms with Gasteiger partial charge in [-0.05, 0) is 68.7 Å². The number of carbonyl (C=O) groups is 1. The minimum absolute atomic E-state index is 0.142. The van der Waals surface area contributed by atoms with Gasteiger partial charge in [0, 0.05) is 18.2 Å². The zero-order valence-corrected chi connectivity index (χ0v) is 16.6. The van der Waals surface area contributed by atoms with E-state index in [0.717, 1.165) is 31.2 Å². The Morgan fingerprint density at radius 1 is 1.11 bits per heavy atom. The minimum atomic E-state index is -3.68. The van der Waals surface area contributed by atoms with Gasteiger partial charge in [-0.15, -0.1) is 0 Å². The monoisotopic (exact) mass is 386 g/mol. The fraction of sp³-hybridized carbons (Fsp3) is 0.381. The van der Waals surface area contributed by atoms with Gasteiger partial charge in [-0.2, -0.15) is 0 Å². The molecule has 1 fully saturated rings. The normalized spacial score (nSPS) is 14.9. The molecule has 0 aliphatic heterocycles. The van der Waals surface area contributed by atoms with Gasteiger partial charge >= 0.3 is 0 Å². The molecular formula is C21H26N2O3S. The van der Waals surface area contributed by atoms with Gasteiger partial charge in [0.2, 0.25) is 0 Å². The van der Waals surface area contributed by atoms with Gasteiger partial charge in [-0.3, -0.25) is 9.10 Å². The fourth-order valence-electron chi connectivity index (χ4n) is 3.52. The number of hydrogen-bond donors (Lipinski definition) is 1. The predicted octanol–water partition coefficient (Wildman–Crippen LogP) is 3.88. The third-order valence-electron chi connectivity index (χ3n) is 4.97. The summed E-state index contributed by atoms with van der Waals surface area (Å²) in [5.41, 5.74) is 2.13. The van der Waals surface area contributed by atoms with E-state index in [1.807, 2.05) is 32.0 Å². The molecule has 27 heavy (non-hydrogen) atoms. The van der Waals surface area contributed by atoms with Gasteiger partial charge in [-0.25, -0.2) is 8.42 Å². The predicted molar refractivity (Wildman–Crippen MR) is 108 cm³/mol. The van der Waals surface area contributed by atoms with Gasteiger partial charge in [0.15, 0.2) is 0 Å². The lowest BCUT2D eigenvalue weighted by Gasteiger charge is -2.23. The molecule has 1 aliphatic carbocycles. The summed E-state index contributed by atoms with van der Waals surface area (Å²) in [6.07, 6.45) is 4.32. The van der Waals surface area contributed by atoms with Crippen molar-refractivity contribution in [3.05, 3.63) is 59.7 Å². The van der Waals surface area contributed by atoms with E-state index in [1.165, 1.54) is 16.4 Å². The largest absolute Gasteiger partial charge is 0.349 e. The fourth-order valence-corrected chi connectivity index (χ4v) is 4.98. The number of benzene rings is 2. The van der Waals surface area contributed by atoms with E-state index in [0.29, 0.717) is 17.8 Å². The van der Waals surface area contributed by atoms with Crippen molar-refractivity contribution in [2.45, 2.75) is 50.5 Å². The second-order valence-electron chi connectivity index (χ2n) is 6.99. The number of rotatable bonds is 6. The van der Waals surface area contributed by atoms with Crippen LogP contribution in [0.15, 0.2) is 53.4 Å². The summed E-state index contributed by atoms with van der Waals surface area (Å²) in [5, 5.41) is 3.02. The van der Waals surface area contributed by atoms with Crippen molar-refractivity contribution in [1.82, 2.24) is 5.32 Å². The van der Waals surface area contributed by atoms with Crippen molar-refractivity contribution < 1.29 is 13.2 Å². The molecule has 2 aromatic rings. The van der Waals surface area contributed by atoms with Crippen LogP contribution in [0.1, 0.15) is 48.5 Å². The average Bonchev–Trinajstić information content (AvgIpc) is 3.15. The first-order chi connectivity index (χ1) is 12.9. The highest BCUT2D eigenvalue weighted by Gasteiger charge is 2.24. The highest BCUT2D eigenvalue weighted by molar-refractivity contribution is 7.92. The van der Waals surface area contributed by atoms with Crippen LogP contribution in [0.4, 0.5) is 5.69 Å². The Balaban J connectivity index is 1.80. The van der Waals surface area contributed by atoms with Gasteiger partial charge in [-0.1, -0.05) is 25.0 Å². The van der Waals surface area contributed by atoms with Crippen LogP contribution in [0, 0.1) is 6.92 Å². The first-order valence-electron chi connectivity index (χ1n) is 9.42. The maximum absolute atomic E-state index is 13.1. The Morgan fingerprint density at radius 2 is 1.78 bits per heavy atom. The molecule has 0 spiro atoms. The number of aryl methyl sites for hydroxylation is 1. The lowest BCUT2D eigenvalue weighted by atomic mass is 10.2. The van der Waals surface area contributed by atoms with Crippen LogP contribution in [0.25, 0.3) is 0 Å². The summed E-state index contributed by atoms with van der Waals surface area (Å²) in [4.78, 5) is 12.5. The Kier molecular flexibility index (Phi) is 5.85. The van der Waals surface area contributed by atoms with Gasteiger partial charge in [0.05, 0.1) is 10.6 Å². The van der Waals surface area contributed by atoms with Crippen LogP contribution in [-0.4, -0.2) is 26.9 Å².